The number of carbonyl (C=O) groups is 1. The van der Waals surface area contributed by atoms with Crippen LogP contribution in [0.2, 0.25) is 0 Å². The SMILES string of the molecule is O=C(Cc1csc(-c2cccnc2)n1)N1CCN(c2ccc(C(F)(F)F)cc2[N+](=O)[O-])CC1. The highest BCUT2D eigenvalue weighted by molar-refractivity contribution is 7.13. The summed E-state index contributed by atoms with van der Waals surface area (Å²) in [4.78, 5) is 35.1. The van der Waals surface area contributed by atoms with Gasteiger partial charge in [-0.25, -0.2) is 4.98 Å². The van der Waals surface area contributed by atoms with Crippen molar-refractivity contribution in [1.29, 1.82) is 0 Å². The van der Waals surface area contributed by atoms with Crippen molar-refractivity contribution in [2.45, 2.75) is 12.6 Å². The van der Waals surface area contributed by atoms with E-state index in [1.165, 1.54) is 11.3 Å². The summed E-state index contributed by atoms with van der Waals surface area (Å²) in [5, 5.41) is 14.0. The molecule has 0 atom stereocenters. The second kappa shape index (κ2) is 9.14. The molecule has 172 valence electrons. The van der Waals surface area contributed by atoms with Crippen LogP contribution >= 0.6 is 11.3 Å². The standard InChI is InChI=1S/C21H18F3N5O3S/c22-21(23,24)15-3-4-17(18(10-15)29(31)32)27-6-8-28(9-7-27)19(30)11-16-13-33-20(26-16)14-2-1-5-25-12-14/h1-5,10,12-13H,6-9,11H2. The lowest BCUT2D eigenvalue weighted by Gasteiger charge is -2.35. The number of hydrogen-bond acceptors (Lipinski definition) is 7. The van der Waals surface area contributed by atoms with Gasteiger partial charge in [0, 0.05) is 55.6 Å². The molecule has 8 nitrogen and oxygen atoms in total. The van der Waals surface area contributed by atoms with Crippen LogP contribution in [0.15, 0.2) is 48.1 Å². The van der Waals surface area contributed by atoms with Gasteiger partial charge < -0.3 is 9.80 Å². The number of thiazole rings is 1. The van der Waals surface area contributed by atoms with E-state index in [1.54, 1.807) is 22.2 Å². The maximum absolute atomic E-state index is 12.9. The molecule has 1 fully saturated rings. The number of anilines is 1. The summed E-state index contributed by atoms with van der Waals surface area (Å²) in [5.41, 5.74) is -0.0472. The van der Waals surface area contributed by atoms with Crippen molar-refractivity contribution in [1.82, 2.24) is 14.9 Å². The van der Waals surface area contributed by atoms with Crippen LogP contribution in [-0.4, -0.2) is 51.9 Å². The number of pyridine rings is 1. The van der Waals surface area contributed by atoms with Gasteiger partial charge in [-0.15, -0.1) is 11.3 Å². The van der Waals surface area contributed by atoms with Crippen LogP contribution < -0.4 is 4.90 Å². The third-order valence-corrected chi connectivity index (χ3v) is 6.21. The van der Waals surface area contributed by atoms with Gasteiger partial charge in [-0.3, -0.25) is 19.9 Å². The Morgan fingerprint density at radius 1 is 1.18 bits per heavy atom. The molecule has 1 aromatic carbocycles. The zero-order valence-corrected chi connectivity index (χ0v) is 18.0. The largest absolute Gasteiger partial charge is 0.416 e. The number of piperazine rings is 1. The van der Waals surface area contributed by atoms with Gasteiger partial charge in [-0.05, 0) is 24.3 Å². The third-order valence-electron chi connectivity index (χ3n) is 5.27. The van der Waals surface area contributed by atoms with E-state index in [-0.39, 0.29) is 31.1 Å². The number of rotatable bonds is 5. The molecule has 0 bridgehead atoms. The number of halogens is 3. The van der Waals surface area contributed by atoms with Crippen molar-refractivity contribution in [2.75, 3.05) is 31.1 Å². The van der Waals surface area contributed by atoms with Crippen LogP contribution in [0.4, 0.5) is 24.5 Å². The van der Waals surface area contributed by atoms with E-state index in [2.05, 4.69) is 9.97 Å². The number of benzene rings is 1. The van der Waals surface area contributed by atoms with E-state index in [1.807, 2.05) is 17.5 Å². The molecule has 0 radical (unpaired) electrons. The van der Waals surface area contributed by atoms with E-state index >= 15 is 0 Å². The molecule has 4 rings (SSSR count). The van der Waals surface area contributed by atoms with Gasteiger partial charge in [-0.1, -0.05) is 0 Å². The zero-order chi connectivity index (χ0) is 23.6. The lowest BCUT2D eigenvalue weighted by atomic mass is 10.1. The Bertz CT molecular complexity index is 1160. The summed E-state index contributed by atoms with van der Waals surface area (Å²) in [6.07, 6.45) is -1.18. The fourth-order valence-electron chi connectivity index (χ4n) is 3.59. The molecule has 1 aliphatic rings. The number of hydrogen-bond donors (Lipinski definition) is 0. The van der Waals surface area contributed by atoms with Gasteiger partial charge in [0.15, 0.2) is 0 Å². The smallest absolute Gasteiger partial charge is 0.362 e. The van der Waals surface area contributed by atoms with Crippen molar-refractivity contribution >= 4 is 28.6 Å². The maximum atomic E-state index is 12.9. The van der Waals surface area contributed by atoms with E-state index < -0.39 is 22.4 Å². The van der Waals surface area contributed by atoms with Crippen molar-refractivity contribution in [3.63, 3.8) is 0 Å². The van der Waals surface area contributed by atoms with Gasteiger partial charge in [-0.2, -0.15) is 13.2 Å². The lowest BCUT2D eigenvalue weighted by Crippen LogP contribution is -2.49. The Morgan fingerprint density at radius 2 is 1.94 bits per heavy atom. The number of nitro benzene ring substituents is 1. The minimum absolute atomic E-state index is 0.112. The molecule has 0 N–H and O–H groups in total. The van der Waals surface area contributed by atoms with Crippen LogP contribution in [0.5, 0.6) is 0 Å². The molecule has 0 aliphatic carbocycles. The summed E-state index contributed by atoms with van der Waals surface area (Å²) in [6.45, 7) is 1.15. The fourth-order valence-corrected chi connectivity index (χ4v) is 4.40. The number of alkyl halides is 3. The van der Waals surface area contributed by atoms with E-state index in [0.29, 0.717) is 24.8 Å². The molecule has 0 saturated carbocycles. The van der Waals surface area contributed by atoms with E-state index in [4.69, 9.17) is 0 Å². The molecule has 3 aromatic rings. The highest BCUT2D eigenvalue weighted by Crippen LogP contribution is 2.36. The highest BCUT2D eigenvalue weighted by Gasteiger charge is 2.34. The van der Waals surface area contributed by atoms with Gasteiger partial charge >= 0.3 is 6.18 Å². The average molecular weight is 477 g/mol. The van der Waals surface area contributed by atoms with Crippen molar-refractivity contribution in [2.24, 2.45) is 0 Å². The van der Waals surface area contributed by atoms with Crippen LogP contribution in [0.3, 0.4) is 0 Å². The number of aromatic nitrogens is 2. The Morgan fingerprint density at radius 3 is 2.58 bits per heavy atom. The van der Waals surface area contributed by atoms with Gasteiger partial charge in [0.1, 0.15) is 10.7 Å². The molecule has 1 aliphatic heterocycles. The minimum atomic E-state index is -4.67. The molecule has 0 unspecified atom stereocenters. The topological polar surface area (TPSA) is 92.5 Å². The van der Waals surface area contributed by atoms with Crippen LogP contribution in [0.1, 0.15) is 11.3 Å². The van der Waals surface area contributed by atoms with Gasteiger partial charge in [0.05, 0.1) is 22.6 Å². The Balaban J connectivity index is 1.39. The molecular formula is C21H18F3N5O3S. The molecule has 3 heterocycles. The maximum Gasteiger partial charge on any atom is 0.416 e. The molecule has 1 saturated heterocycles. The number of nitrogens with zero attached hydrogens (tertiary/aromatic N) is 5. The summed E-state index contributed by atoms with van der Waals surface area (Å²) in [5.74, 6) is -0.125. The highest BCUT2D eigenvalue weighted by atomic mass is 32.1. The van der Waals surface area contributed by atoms with Crippen LogP contribution in [-0.2, 0) is 17.4 Å². The van der Waals surface area contributed by atoms with Crippen LogP contribution in [0, 0.1) is 10.1 Å². The number of carbonyl (C=O) groups excluding carboxylic acids is 1. The second-order valence-electron chi connectivity index (χ2n) is 7.39. The summed E-state index contributed by atoms with van der Waals surface area (Å²) in [7, 11) is 0. The molecular weight excluding hydrogens is 459 g/mol. The fraction of sp³-hybridized carbons (Fsp3) is 0.286. The quantitative estimate of drug-likeness (QED) is 0.407. The first-order valence-electron chi connectivity index (χ1n) is 9.95. The first-order chi connectivity index (χ1) is 15.7. The molecule has 2 aromatic heterocycles. The molecule has 33 heavy (non-hydrogen) atoms. The van der Waals surface area contributed by atoms with Crippen molar-refractivity contribution in [3.8, 4) is 10.6 Å². The van der Waals surface area contributed by atoms with Gasteiger partial charge in [0.25, 0.3) is 5.69 Å². The van der Waals surface area contributed by atoms with E-state index in [0.717, 1.165) is 22.7 Å². The summed E-state index contributed by atoms with van der Waals surface area (Å²) >= 11 is 1.42. The lowest BCUT2D eigenvalue weighted by molar-refractivity contribution is -0.384. The monoisotopic (exact) mass is 477 g/mol. The number of amides is 1. The Labute approximate surface area is 190 Å². The minimum Gasteiger partial charge on any atom is -0.362 e. The Hall–Kier alpha value is -3.54. The summed E-state index contributed by atoms with van der Waals surface area (Å²) in [6, 6.07) is 6.20. The predicted molar refractivity (Wildman–Crippen MR) is 116 cm³/mol. The zero-order valence-electron chi connectivity index (χ0n) is 17.2. The van der Waals surface area contributed by atoms with Crippen molar-refractivity contribution < 1.29 is 22.9 Å². The first-order valence-corrected chi connectivity index (χ1v) is 10.8. The normalized spacial score (nSPS) is 14.4. The average Bonchev–Trinajstić information content (AvgIpc) is 3.27. The third kappa shape index (κ3) is 5.11. The first kappa shape index (κ1) is 22.6. The summed E-state index contributed by atoms with van der Waals surface area (Å²) < 4.78 is 38.8. The van der Waals surface area contributed by atoms with Gasteiger partial charge in [0.2, 0.25) is 5.91 Å². The predicted octanol–water partition coefficient (Wildman–Crippen LogP) is 4.02. The molecule has 12 heteroatoms. The number of nitro groups is 1. The van der Waals surface area contributed by atoms with Crippen molar-refractivity contribution in [3.05, 3.63) is 69.5 Å². The van der Waals surface area contributed by atoms with E-state index in [9.17, 15) is 28.1 Å². The molecule has 1 amide bonds. The van der Waals surface area contributed by atoms with Crippen LogP contribution in [0.25, 0.3) is 10.6 Å². The molecule has 0 spiro atoms. The Kier molecular flexibility index (Phi) is 6.27. The second-order valence-corrected chi connectivity index (χ2v) is 8.25.